The molecule has 0 saturated carbocycles. The molecule has 0 spiro atoms. The molecule has 256 valence electrons. The van der Waals surface area contributed by atoms with Crippen LogP contribution in [0.15, 0.2) is 128 Å². The Hall–Kier alpha value is -4.13. The fourth-order valence-corrected chi connectivity index (χ4v) is 10.8. The lowest BCUT2D eigenvalue weighted by atomic mass is 10.0. The van der Waals surface area contributed by atoms with Crippen LogP contribution in [0.4, 0.5) is 5.69 Å². The van der Waals surface area contributed by atoms with Gasteiger partial charge in [0.15, 0.2) is 0 Å². The maximum absolute atomic E-state index is 12.8. The summed E-state index contributed by atoms with van der Waals surface area (Å²) in [5.74, 6) is 0.969. The summed E-state index contributed by atoms with van der Waals surface area (Å²) in [6.45, 7) is 22.7. The van der Waals surface area contributed by atoms with E-state index in [1.54, 1.807) is 44.4 Å². The number of hydrogen-bond donors (Lipinski definition) is 1. The summed E-state index contributed by atoms with van der Waals surface area (Å²) in [6, 6.07) is 27.1. The van der Waals surface area contributed by atoms with Gasteiger partial charge in [0.2, 0.25) is 0 Å². The Balaban J connectivity index is 1.81. The molecule has 3 aromatic rings. The van der Waals surface area contributed by atoms with Crippen LogP contribution >= 0.6 is 0 Å². The number of amides is 1. The van der Waals surface area contributed by atoms with E-state index in [-0.39, 0.29) is 23.2 Å². The highest BCUT2D eigenvalue weighted by Crippen LogP contribution is 2.39. The Kier molecular flexibility index (Phi) is 14.7. The van der Waals surface area contributed by atoms with Crippen LogP contribution in [0, 0.1) is 0 Å². The zero-order chi connectivity index (χ0) is 35.2. The van der Waals surface area contributed by atoms with E-state index in [1.807, 2.05) is 13.0 Å². The van der Waals surface area contributed by atoms with Crippen LogP contribution in [0.5, 0.6) is 11.5 Å². The summed E-state index contributed by atoms with van der Waals surface area (Å²) >= 11 is 0. The third-order valence-electron chi connectivity index (χ3n) is 8.68. The number of benzene rings is 3. The lowest BCUT2D eigenvalue weighted by molar-refractivity contribution is -0.112. The van der Waals surface area contributed by atoms with E-state index in [9.17, 15) is 4.79 Å². The average Bonchev–Trinajstić information content (AvgIpc) is 3.07. The largest absolute Gasteiger partial charge is 0.497 e. The molecule has 0 radical (unpaired) electrons. The van der Waals surface area contributed by atoms with Crippen molar-refractivity contribution in [1.82, 2.24) is 0 Å². The van der Waals surface area contributed by atoms with Crippen LogP contribution in [-0.4, -0.2) is 33.5 Å². The van der Waals surface area contributed by atoms with Gasteiger partial charge < -0.3 is 19.2 Å². The van der Waals surface area contributed by atoms with Crippen LogP contribution in [0.3, 0.4) is 0 Å². The molecule has 6 heteroatoms. The molecule has 1 N–H and O–H groups in total. The fraction of sp³-hybridized carbons (Fsp3) is 0.357. The molecule has 48 heavy (non-hydrogen) atoms. The Morgan fingerprint density at radius 3 is 2.02 bits per heavy atom. The summed E-state index contributed by atoms with van der Waals surface area (Å²) in [4.78, 5) is 12.8. The normalized spacial score (nSPS) is 13.2. The topological polar surface area (TPSA) is 56.8 Å². The quantitative estimate of drug-likeness (QED) is 0.0456. The molecule has 3 aromatic carbocycles. The number of rotatable bonds is 19. The Labute approximate surface area is 290 Å². The van der Waals surface area contributed by atoms with Crippen LogP contribution < -0.4 is 25.2 Å². The van der Waals surface area contributed by atoms with Crippen molar-refractivity contribution >= 4 is 30.3 Å². The zero-order valence-electron chi connectivity index (χ0n) is 29.9. The average molecular weight is 666 g/mol. The second-order valence-corrected chi connectivity index (χ2v) is 17.7. The van der Waals surface area contributed by atoms with Crippen LogP contribution in [0.2, 0.25) is 5.04 Å². The van der Waals surface area contributed by atoms with Gasteiger partial charge >= 0.3 is 0 Å². The van der Waals surface area contributed by atoms with E-state index in [4.69, 9.17) is 13.9 Å². The third-order valence-corrected chi connectivity index (χ3v) is 13.8. The molecule has 0 saturated heterocycles. The van der Waals surface area contributed by atoms with Crippen molar-refractivity contribution in [2.24, 2.45) is 0 Å². The minimum Gasteiger partial charge on any atom is -0.497 e. The number of anilines is 1. The fourth-order valence-electron chi connectivity index (χ4n) is 6.07. The molecular weight excluding hydrogens is 611 g/mol. The van der Waals surface area contributed by atoms with Crippen LogP contribution in [0.25, 0.3) is 0 Å². The molecule has 0 bridgehead atoms. The third kappa shape index (κ3) is 10.2. The van der Waals surface area contributed by atoms with Crippen LogP contribution in [-0.2, 0) is 9.22 Å². The monoisotopic (exact) mass is 665 g/mol. The van der Waals surface area contributed by atoms with Crippen molar-refractivity contribution in [2.45, 2.75) is 90.4 Å². The molecule has 2 unspecified atom stereocenters. The van der Waals surface area contributed by atoms with Gasteiger partial charge in [0.25, 0.3) is 14.2 Å². The van der Waals surface area contributed by atoms with E-state index < -0.39 is 8.32 Å². The van der Waals surface area contributed by atoms with Gasteiger partial charge in [-0.1, -0.05) is 119 Å². The van der Waals surface area contributed by atoms with Gasteiger partial charge in [-0.25, -0.2) is 0 Å². The standard InChI is InChI=1S/C42H55NO4Si/c1-10-12-22-34(47-48(42(6,7)8,36-24-15-13-16-25-36)37-26-17-14-18-27-37)23-19-20-28-39(32(3)4)46-40-31-35(45-9)29-30-38(40)43-41(44)33(5)21-11-2/h10-11,13-18,21,24-27,29-31,34,39H,1-3,12,19-20,22-23,28H2,4-9H3,(H,43,44)/b33-21+. The lowest BCUT2D eigenvalue weighted by Gasteiger charge is -2.45. The van der Waals surface area contributed by atoms with Gasteiger partial charge in [0.1, 0.15) is 17.6 Å². The second-order valence-electron chi connectivity index (χ2n) is 13.4. The minimum atomic E-state index is -2.68. The number of methoxy groups -OCH3 is 1. The molecular formula is C42H55NO4Si. The van der Waals surface area contributed by atoms with Gasteiger partial charge in [-0.2, -0.15) is 0 Å². The Morgan fingerprint density at radius 2 is 1.50 bits per heavy atom. The highest BCUT2D eigenvalue weighted by atomic mass is 28.4. The summed E-state index contributed by atoms with van der Waals surface area (Å²) in [6.07, 6.45) is 10.5. The molecule has 5 nitrogen and oxygen atoms in total. The van der Waals surface area contributed by atoms with E-state index in [0.29, 0.717) is 22.8 Å². The maximum Gasteiger partial charge on any atom is 0.261 e. The number of hydrogen-bond acceptors (Lipinski definition) is 4. The van der Waals surface area contributed by atoms with Gasteiger partial charge in [0, 0.05) is 17.7 Å². The molecule has 0 aliphatic rings. The first-order chi connectivity index (χ1) is 23.0. The van der Waals surface area contributed by atoms with E-state index in [2.05, 4.69) is 106 Å². The Morgan fingerprint density at radius 1 is 0.896 bits per heavy atom. The van der Waals surface area contributed by atoms with Crippen molar-refractivity contribution in [3.8, 4) is 11.5 Å². The summed E-state index contributed by atoms with van der Waals surface area (Å²) in [5.41, 5.74) is 2.05. The SMILES string of the molecule is C=C/C=C(\C)C(=O)Nc1ccc(OC)cc1OC(CCCCC(CCC=C)O[Si](c1ccccc1)(c1ccccc1)C(C)(C)C)C(=C)C. The predicted octanol–water partition coefficient (Wildman–Crippen LogP) is 9.56. The van der Waals surface area contributed by atoms with E-state index in [0.717, 1.165) is 44.1 Å². The number of ether oxygens (including phenoxy) is 2. The number of allylic oxidation sites excluding steroid dienone is 3. The number of carbonyl (C=O) groups excluding carboxylic acids is 1. The zero-order valence-corrected chi connectivity index (χ0v) is 30.9. The number of nitrogens with one attached hydrogen (secondary N) is 1. The minimum absolute atomic E-state index is 0.0746. The van der Waals surface area contributed by atoms with E-state index >= 15 is 0 Å². The molecule has 0 heterocycles. The molecule has 3 rings (SSSR count). The highest BCUT2D eigenvalue weighted by molar-refractivity contribution is 6.99. The highest BCUT2D eigenvalue weighted by Gasteiger charge is 2.51. The predicted molar refractivity (Wildman–Crippen MR) is 205 cm³/mol. The van der Waals surface area contributed by atoms with Crippen molar-refractivity contribution in [1.29, 1.82) is 0 Å². The lowest BCUT2D eigenvalue weighted by Crippen LogP contribution is -2.67. The van der Waals surface area contributed by atoms with Crippen molar-refractivity contribution in [3.63, 3.8) is 0 Å². The van der Waals surface area contributed by atoms with Gasteiger partial charge in [-0.3, -0.25) is 4.79 Å². The van der Waals surface area contributed by atoms with Gasteiger partial charge in [-0.05, 0) is 79.1 Å². The Bertz CT molecular complexity index is 1480. The van der Waals surface area contributed by atoms with Crippen molar-refractivity contribution in [2.75, 3.05) is 12.4 Å². The smallest absolute Gasteiger partial charge is 0.261 e. The second kappa shape index (κ2) is 18.4. The molecule has 0 aliphatic heterocycles. The number of unbranched alkanes of at least 4 members (excludes halogenated alkanes) is 1. The molecule has 0 aliphatic carbocycles. The van der Waals surface area contributed by atoms with E-state index in [1.165, 1.54) is 10.4 Å². The summed E-state index contributed by atoms with van der Waals surface area (Å²) < 4.78 is 19.5. The van der Waals surface area contributed by atoms with Crippen molar-refractivity contribution in [3.05, 3.63) is 128 Å². The first-order valence-electron chi connectivity index (χ1n) is 17.0. The van der Waals surface area contributed by atoms with Gasteiger partial charge in [-0.15, -0.1) is 6.58 Å². The number of carbonyl (C=O) groups is 1. The first-order valence-corrected chi connectivity index (χ1v) is 18.9. The van der Waals surface area contributed by atoms with Crippen molar-refractivity contribution < 1.29 is 18.7 Å². The summed E-state index contributed by atoms with van der Waals surface area (Å²) in [5, 5.41) is 5.46. The molecule has 1 amide bonds. The first kappa shape index (κ1) is 38.3. The molecule has 0 aromatic heterocycles. The maximum atomic E-state index is 12.8. The molecule has 2 atom stereocenters. The van der Waals surface area contributed by atoms with Gasteiger partial charge in [0.05, 0.1) is 12.8 Å². The summed E-state index contributed by atoms with van der Waals surface area (Å²) in [7, 11) is -1.07. The molecule has 0 fully saturated rings. The van der Waals surface area contributed by atoms with Crippen LogP contribution in [0.1, 0.15) is 73.1 Å².